The molecule has 0 N–H and O–H groups in total. The Morgan fingerprint density at radius 1 is 0.727 bits per heavy atom. The lowest BCUT2D eigenvalue weighted by Crippen LogP contribution is -2.29. The number of anilines is 1. The molecule has 1 aliphatic heterocycles. The van der Waals surface area contributed by atoms with Gasteiger partial charge in [0.15, 0.2) is 0 Å². The van der Waals surface area contributed by atoms with Gasteiger partial charge in [0.2, 0.25) is 0 Å². The number of amides is 2. The summed E-state index contributed by atoms with van der Waals surface area (Å²) in [6.07, 6.45) is 0. The summed E-state index contributed by atoms with van der Waals surface area (Å²) < 4.78 is 13.0. The molecule has 2 amide bonds. The van der Waals surface area contributed by atoms with Crippen molar-refractivity contribution in [1.82, 2.24) is 0 Å². The third-order valence-corrected chi connectivity index (χ3v) is 4.99. The quantitative estimate of drug-likeness (QED) is 0.386. The Hall–Kier alpha value is -1.33. The zero-order valence-electron chi connectivity index (χ0n) is 10.5. The maximum Gasteiger partial charge on any atom is 0.267 e. The highest BCUT2D eigenvalue weighted by atomic mass is 35.5. The van der Waals surface area contributed by atoms with E-state index in [4.69, 9.17) is 46.4 Å². The van der Waals surface area contributed by atoms with Crippen LogP contribution in [-0.4, -0.2) is 11.8 Å². The predicted molar refractivity (Wildman–Crippen MR) is 84.0 cm³/mol. The normalized spacial score (nSPS) is 13.8. The molecule has 22 heavy (non-hydrogen) atoms. The van der Waals surface area contributed by atoms with Crippen LogP contribution in [0.3, 0.4) is 0 Å². The SMILES string of the molecule is O=C1c2c(Cl)c(Cl)c(Cl)c(Cl)c2C(=O)N1c1ccc(F)cc1. The molecular weight excluding hydrogens is 375 g/mol. The molecule has 2 aromatic carbocycles. The first-order chi connectivity index (χ1) is 10.3. The number of carbonyl (C=O) groups excluding carboxylic acids is 2. The van der Waals surface area contributed by atoms with E-state index in [1.807, 2.05) is 0 Å². The van der Waals surface area contributed by atoms with Crippen LogP contribution in [0.5, 0.6) is 0 Å². The van der Waals surface area contributed by atoms with Crippen molar-refractivity contribution in [3.8, 4) is 0 Å². The van der Waals surface area contributed by atoms with Crippen molar-refractivity contribution in [2.45, 2.75) is 0 Å². The zero-order valence-corrected chi connectivity index (χ0v) is 13.5. The molecule has 0 radical (unpaired) electrons. The van der Waals surface area contributed by atoms with Crippen LogP contribution in [0.1, 0.15) is 20.7 Å². The van der Waals surface area contributed by atoms with Gasteiger partial charge in [-0.2, -0.15) is 0 Å². The average Bonchev–Trinajstić information content (AvgIpc) is 2.75. The van der Waals surface area contributed by atoms with E-state index >= 15 is 0 Å². The van der Waals surface area contributed by atoms with Crippen LogP contribution in [0.15, 0.2) is 24.3 Å². The van der Waals surface area contributed by atoms with Gasteiger partial charge in [0, 0.05) is 0 Å². The highest BCUT2D eigenvalue weighted by molar-refractivity contribution is 6.56. The number of hydrogen-bond acceptors (Lipinski definition) is 2. The molecule has 3 rings (SSSR count). The Labute approximate surface area is 144 Å². The second kappa shape index (κ2) is 5.39. The third-order valence-electron chi connectivity index (χ3n) is 3.19. The zero-order chi connectivity index (χ0) is 16.2. The third kappa shape index (κ3) is 2.10. The summed E-state index contributed by atoms with van der Waals surface area (Å²) in [5.74, 6) is -1.89. The van der Waals surface area contributed by atoms with Crippen LogP contribution in [0.2, 0.25) is 20.1 Å². The molecule has 0 bridgehead atoms. The smallest absolute Gasteiger partial charge is 0.267 e. The van der Waals surface area contributed by atoms with Crippen molar-refractivity contribution >= 4 is 63.9 Å². The standard InChI is InChI=1S/C14H4Cl4FNO2/c15-9-7-8(10(16)12(18)11(9)17)14(22)20(13(7)21)6-3-1-5(19)2-4-6/h1-4H. The van der Waals surface area contributed by atoms with E-state index in [0.717, 1.165) is 17.0 Å². The molecule has 0 saturated heterocycles. The monoisotopic (exact) mass is 377 g/mol. The van der Waals surface area contributed by atoms with Crippen LogP contribution in [0.4, 0.5) is 10.1 Å². The lowest BCUT2D eigenvalue weighted by atomic mass is 10.1. The first-order valence-electron chi connectivity index (χ1n) is 5.85. The second-order valence-corrected chi connectivity index (χ2v) is 5.94. The van der Waals surface area contributed by atoms with Gasteiger partial charge in [0.1, 0.15) is 5.82 Å². The molecule has 1 heterocycles. The summed E-state index contributed by atoms with van der Waals surface area (Å²) in [4.78, 5) is 25.8. The number of rotatable bonds is 1. The first kappa shape index (κ1) is 15.6. The number of benzene rings is 2. The van der Waals surface area contributed by atoms with Crippen molar-refractivity contribution in [2.75, 3.05) is 4.90 Å². The first-order valence-corrected chi connectivity index (χ1v) is 7.36. The molecule has 0 atom stereocenters. The molecule has 2 aromatic rings. The van der Waals surface area contributed by atoms with Crippen molar-refractivity contribution in [3.05, 3.63) is 61.3 Å². The summed E-state index contributed by atoms with van der Waals surface area (Å²) in [5, 5.41) is -0.494. The Balaban J connectivity index is 2.23. The molecule has 0 spiro atoms. The van der Waals surface area contributed by atoms with Crippen molar-refractivity contribution in [2.24, 2.45) is 0 Å². The molecule has 0 aromatic heterocycles. The van der Waals surface area contributed by atoms with Gasteiger partial charge in [-0.1, -0.05) is 46.4 Å². The topological polar surface area (TPSA) is 37.4 Å². The molecule has 8 heteroatoms. The molecule has 112 valence electrons. The maximum atomic E-state index is 13.0. The van der Waals surface area contributed by atoms with Gasteiger partial charge >= 0.3 is 0 Å². The van der Waals surface area contributed by atoms with E-state index < -0.39 is 17.6 Å². The number of hydrogen-bond donors (Lipinski definition) is 0. The summed E-state index contributed by atoms with van der Waals surface area (Å²) >= 11 is 23.9. The van der Waals surface area contributed by atoms with Gasteiger partial charge in [0.05, 0.1) is 36.9 Å². The van der Waals surface area contributed by atoms with Gasteiger partial charge < -0.3 is 0 Å². The lowest BCUT2D eigenvalue weighted by Gasteiger charge is -2.13. The minimum atomic E-state index is -0.697. The highest BCUT2D eigenvalue weighted by Gasteiger charge is 2.42. The van der Waals surface area contributed by atoms with Crippen LogP contribution in [0, 0.1) is 5.82 Å². The highest BCUT2D eigenvalue weighted by Crippen LogP contribution is 2.45. The van der Waals surface area contributed by atoms with Crippen LogP contribution in [-0.2, 0) is 0 Å². The number of imide groups is 1. The molecule has 3 nitrogen and oxygen atoms in total. The van der Waals surface area contributed by atoms with E-state index in [1.165, 1.54) is 12.1 Å². The van der Waals surface area contributed by atoms with Crippen molar-refractivity contribution < 1.29 is 14.0 Å². The lowest BCUT2D eigenvalue weighted by molar-refractivity contribution is 0.0926. The Bertz CT molecular complexity index is 789. The largest absolute Gasteiger partial charge is 0.268 e. The molecule has 1 aliphatic rings. The fraction of sp³-hybridized carbons (Fsp3) is 0. The van der Waals surface area contributed by atoms with Crippen LogP contribution in [0.25, 0.3) is 0 Å². The number of fused-ring (bicyclic) bond motifs is 1. The summed E-state index contributed by atoms with van der Waals surface area (Å²) in [6.45, 7) is 0. The summed E-state index contributed by atoms with van der Waals surface area (Å²) in [5.41, 5.74) is -0.0437. The Morgan fingerprint density at radius 3 is 1.55 bits per heavy atom. The number of halogens is 5. The Kier molecular flexibility index (Phi) is 3.81. The van der Waals surface area contributed by atoms with Gasteiger partial charge in [-0.15, -0.1) is 0 Å². The number of nitrogens with zero attached hydrogens (tertiary/aromatic N) is 1. The minimum absolute atomic E-state index is 0.103. The van der Waals surface area contributed by atoms with E-state index in [-0.39, 0.29) is 36.9 Å². The van der Waals surface area contributed by atoms with Crippen LogP contribution < -0.4 is 4.90 Å². The fourth-order valence-corrected chi connectivity index (χ4v) is 3.19. The van der Waals surface area contributed by atoms with Gasteiger partial charge in [-0.05, 0) is 24.3 Å². The van der Waals surface area contributed by atoms with E-state index in [0.29, 0.717) is 0 Å². The molecule has 0 unspecified atom stereocenters. The fourth-order valence-electron chi connectivity index (χ4n) is 2.17. The predicted octanol–water partition coefficient (Wildman–Crippen LogP) is 5.24. The average molecular weight is 379 g/mol. The van der Waals surface area contributed by atoms with E-state index in [2.05, 4.69) is 0 Å². The molecule has 0 saturated carbocycles. The van der Waals surface area contributed by atoms with E-state index in [1.54, 1.807) is 0 Å². The van der Waals surface area contributed by atoms with Gasteiger partial charge in [-0.3, -0.25) is 9.59 Å². The van der Waals surface area contributed by atoms with E-state index in [9.17, 15) is 14.0 Å². The summed E-state index contributed by atoms with van der Waals surface area (Å²) in [6, 6.07) is 4.84. The second-order valence-electron chi connectivity index (χ2n) is 4.43. The number of carbonyl (C=O) groups is 2. The summed E-state index contributed by atoms with van der Waals surface area (Å²) in [7, 11) is 0. The molecular formula is C14H4Cl4FNO2. The van der Waals surface area contributed by atoms with Gasteiger partial charge in [-0.25, -0.2) is 9.29 Å². The van der Waals surface area contributed by atoms with Crippen molar-refractivity contribution in [3.63, 3.8) is 0 Å². The van der Waals surface area contributed by atoms with Crippen molar-refractivity contribution in [1.29, 1.82) is 0 Å². The minimum Gasteiger partial charge on any atom is -0.268 e. The van der Waals surface area contributed by atoms with Gasteiger partial charge in [0.25, 0.3) is 11.8 Å². The van der Waals surface area contributed by atoms with Crippen LogP contribution >= 0.6 is 46.4 Å². The molecule has 0 fully saturated rings. The maximum absolute atomic E-state index is 13.0. The Morgan fingerprint density at radius 2 is 1.14 bits per heavy atom. The molecule has 0 aliphatic carbocycles.